The highest BCUT2D eigenvalue weighted by Crippen LogP contribution is 2.21. The molecule has 0 aromatic heterocycles. The van der Waals surface area contributed by atoms with E-state index in [1.165, 1.54) is 11.9 Å². The fourth-order valence-corrected chi connectivity index (χ4v) is 2.40. The van der Waals surface area contributed by atoms with Gasteiger partial charge >= 0.3 is 5.97 Å². The van der Waals surface area contributed by atoms with Crippen molar-refractivity contribution >= 4 is 29.1 Å². The Labute approximate surface area is 144 Å². The summed E-state index contributed by atoms with van der Waals surface area (Å²) in [6.45, 7) is 1.47. The Balaban J connectivity index is 1.77. The lowest BCUT2D eigenvalue weighted by Crippen LogP contribution is -2.35. The van der Waals surface area contributed by atoms with Crippen molar-refractivity contribution in [3.8, 4) is 5.75 Å². The van der Waals surface area contributed by atoms with Crippen LogP contribution in [0, 0.1) is 0 Å². The van der Waals surface area contributed by atoms with Crippen molar-refractivity contribution in [2.24, 2.45) is 5.10 Å². The van der Waals surface area contributed by atoms with Gasteiger partial charge in [0.1, 0.15) is 11.5 Å². The molecular formula is C19H16N2O4. The van der Waals surface area contributed by atoms with Gasteiger partial charge in [-0.05, 0) is 43.3 Å². The van der Waals surface area contributed by atoms with Crippen LogP contribution in [0.1, 0.15) is 30.1 Å². The highest BCUT2D eigenvalue weighted by Gasteiger charge is 2.26. The van der Waals surface area contributed by atoms with Crippen LogP contribution in [0.5, 0.6) is 5.75 Å². The van der Waals surface area contributed by atoms with Gasteiger partial charge in [0, 0.05) is 18.4 Å². The summed E-state index contributed by atoms with van der Waals surface area (Å²) in [5.41, 5.74) is 1.32. The zero-order chi connectivity index (χ0) is 17.8. The summed E-state index contributed by atoms with van der Waals surface area (Å²) in [6, 6.07) is 15.2. The molecule has 0 bridgehead atoms. The average molecular weight is 336 g/mol. The summed E-state index contributed by atoms with van der Waals surface area (Å²) in [5, 5.41) is 5.37. The monoisotopic (exact) mass is 336 g/mol. The first-order chi connectivity index (χ1) is 12.0. The normalized spacial score (nSPS) is 14.0. The van der Waals surface area contributed by atoms with Gasteiger partial charge in [0.2, 0.25) is 5.91 Å². The summed E-state index contributed by atoms with van der Waals surface area (Å²) in [5.74, 6) is -0.523. The predicted molar refractivity (Wildman–Crippen MR) is 92.7 cm³/mol. The quantitative estimate of drug-likeness (QED) is 0.489. The fraction of sp³-hybridized carbons (Fsp3) is 0.158. The van der Waals surface area contributed by atoms with Crippen molar-refractivity contribution in [2.45, 2.75) is 19.8 Å². The van der Waals surface area contributed by atoms with Crippen LogP contribution in [0.2, 0.25) is 0 Å². The Morgan fingerprint density at radius 1 is 1.00 bits per heavy atom. The molecule has 0 spiro atoms. The molecule has 0 N–H and O–H groups in total. The highest BCUT2D eigenvalue weighted by molar-refractivity contribution is 6.38. The van der Waals surface area contributed by atoms with Crippen molar-refractivity contribution < 1.29 is 19.1 Å². The second-order valence-corrected chi connectivity index (χ2v) is 5.56. The van der Waals surface area contributed by atoms with Gasteiger partial charge in [0.05, 0.1) is 5.69 Å². The maximum atomic E-state index is 12.3. The lowest BCUT2D eigenvalue weighted by Gasteiger charge is -2.22. The van der Waals surface area contributed by atoms with Crippen LogP contribution < -0.4 is 9.75 Å². The zero-order valence-corrected chi connectivity index (χ0v) is 13.6. The Kier molecular flexibility index (Phi) is 4.70. The summed E-state index contributed by atoms with van der Waals surface area (Å²) in [4.78, 5) is 35.6. The van der Waals surface area contributed by atoms with Crippen LogP contribution in [0.15, 0.2) is 59.7 Å². The van der Waals surface area contributed by atoms with Gasteiger partial charge in [-0.1, -0.05) is 18.2 Å². The largest absolute Gasteiger partial charge is 0.422 e. The number of carbonyl (C=O) groups is 3. The molecule has 2 aromatic rings. The molecule has 1 heterocycles. The molecule has 126 valence electrons. The van der Waals surface area contributed by atoms with Gasteiger partial charge in [-0.25, -0.2) is 9.80 Å². The molecular weight excluding hydrogens is 320 g/mol. The Bertz CT molecular complexity index is 841. The number of esters is 1. The SMILES string of the molecule is CC(=O)c1ccc(OC(=O)C2=NN(c3ccccc3)C(=O)CC2)cc1. The maximum Gasteiger partial charge on any atom is 0.359 e. The predicted octanol–water partition coefficient (Wildman–Crippen LogP) is 2.98. The number of Topliss-reactive ketones (excluding diaryl/α,β-unsaturated/α-hetero) is 1. The number of hydrogen-bond acceptors (Lipinski definition) is 5. The van der Waals surface area contributed by atoms with Crippen molar-refractivity contribution in [1.82, 2.24) is 0 Å². The Hall–Kier alpha value is -3.28. The number of benzene rings is 2. The number of ketones is 1. The molecule has 3 rings (SSSR count). The summed E-state index contributed by atoms with van der Waals surface area (Å²) >= 11 is 0. The number of rotatable bonds is 4. The molecule has 0 atom stereocenters. The summed E-state index contributed by atoms with van der Waals surface area (Å²) < 4.78 is 5.29. The molecule has 1 amide bonds. The van der Waals surface area contributed by atoms with Gasteiger partial charge in [0.15, 0.2) is 5.78 Å². The number of anilines is 1. The van der Waals surface area contributed by atoms with Crippen LogP contribution >= 0.6 is 0 Å². The molecule has 6 heteroatoms. The van der Waals surface area contributed by atoms with E-state index in [0.29, 0.717) is 17.0 Å². The standard InChI is InChI=1S/C19H16N2O4/c1-13(22)14-7-9-16(10-8-14)25-19(24)17-11-12-18(23)21(20-17)15-5-3-2-4-6-15/h2-10H,11-12H2,1H3. The van der Waals surface area contributed by atoms with E-state index in [-0.39, 0.29) is 30.2 Å². The first-order valence-corrected chi connectivity index (χ1v) is 7.83. The van der Waals surface area contributed by atoms with E-state index in [1.54, 1.807) is 48.5 Å². The van der Waals surface area contributed by atoms with E-state index in [1.807, 2.05) is 6.07 Å². The third kappa shape index (κ3) is 3.80. The van der Waals surface area contributed by atoms with E-state index < -0.39 is 5.97 Å². The van der Waals surface area contributed by atoms with E-state index in [0.717, 1.165) is 0 Å². The van der Waals surface area contributed by atoms with E-state index in [4.69, 9.17) is 4.74 Å². The van der Waals surface area contributed by atoms with Crippen LogP contribution in [-0.4, -0.2) is 23.4 Å². The number of para-hydroxylation sites is 1. The number of hydrazone groups is 1. The minimum absolute atomic E-state index is 0.0634. The van der Waals surface area contributed by atoms with Crippen molar-refractivity contribution in [2.75, 3.05) is 5.01 Å². The zero-order valence-electron chi connectivity index (χ0n) is 13.6. The number of nitrogens with zero attached hydrogens (tertiary/aromatic N) is 2. The first-order valence-electron chi connectivity index (χ1n) is 7.83. The summed E-state index contributed by atoms with van der Waals surface area (Å²) in [7, 11) is 0. The maximum absolute atomic E-state index is 12.3. The lowest BCUT2D eigenvalue weighted by atomic mass is 10.1. The van der Waals surface area contributed by atoms with Gasteiger partial charge in [-0.15, -0.1) is 0 Å². The van der Waals surface area contributed by atoms with Gasteiger partial charge < -0.3 is 4.74 Å². The molecule has 0 saturated heterocycles. The number of hydrogen-bond donors (Lipinski definition) is 0. The minimum Gasteiger partial charge on any atom is -0.422 e. The first kappa shape index (κ1) is 16.6. The van der Waals surface area contributed by atoms with Crippen LogP contribution in [0.4, 0.5) is 5.69 Å². The number of ether oxygens (including phenoxy) is 1. The second kappa shape index (κ2) is 7.09. The van der Waals surface area contributed by atoms with Crippen molar-refractivity contribution in [3.05, 3.63) is 60.2 Å². The average Bonchev–Trinajstić information content (AvgIpc) is 2.63. The van der Waals surface area contributed by atoms with Crippen LogP contribution in [0.3, 0.4) is 0 Å². The molecule has 2 aromatic carbocycles. The molecule has 0 aliphatic carbocycles. The molecule has 0 radical (unpaired) electrons. The molecule has 0 saturated carbocycles. The van der Waals surface area contributed by atoms with Crippen LogP contribution in [-0.2, 0) is 9.59 Å². The Morgan fingerprint density at radius 2 is 1.68 bits per heavy atom. The summed E-state index contributed by atoms with van der Waals surface area (Å²) in [6.07, 6.45) is 0.415. The highest BCUT2D eigenvalue weighted by atomic mass is 16.5. The van der Waals surface area contributed by atoms with Crippen molar-refractivity contribution in [3.63, 3.8) is 0 Å². The number of carbonyl (C=O) groups excluding carboxylic acids is 3. The van der Waals surface area contributed by atoms with Gasteiger partial charge in [-0.3, -0.25) is 9.59 Å². The molecule has 0 unspecified atom stereocenters. The van der Waals surface area contributed by atoms with Crippen molar-refractivity contribution in [1.29, 1.82) is 0 Å². The molecule has 0 fully saturated rings. The number of amides is 1. The molecule has 1 aliphatic rings. The minimum atomic E-state index is -0.607. The third-order valence-corrected chi connectivity index (χ3v) is 3.74. The third-order valence-electron chi connectivity index (χ3n) is 3.74. The van der Waals surface area contributed by atoms with Gasteiger partial charge in [-0.2, -0.15) is 5.10 Å². The van der Waals surface area contributed by atoms with Crippen LogP contribution in [0.25, 0.3) is 0 Å². The fourth-order valence-electron chi connectivity index (χ4n) is 2.40. The lowest BCUT2D eigenvalue weighted by molar-refractivity contribution is -0.127. The molecule has 25 heavy (non-hydrogen) atoms. The molecule has 1 aliphatic heterocycles. The second-order valence-electron chi connectivity index (χ2n) is 5.56. The van der Waals surface area contributed by atoms with E-state index in [2.05, 4.69) is 5.10 Å². The molecule has 6 nitrogen and oxygen atoms in total. The van der Waals surface area contributed by atoms with E-state index in [9.17, 15) is 14.4 Å². The topological polar surface area (TPSA) is 76.0 Å². The van der Waals surface area contributed by atoms with E-state index >= 15 is 0 Å². The van der Waals surface area contributed by atoms with Gasteiger partial charge in [0.25, 0.3) is 0 Å². The Morgan fingerprint density at radius 3 is 2.32 bits per heavy atom. The smallest absolute Gasteiger partial charge is 0.359 e.